The number of thioether (sulfide) groups is 1. The zero-order valence-corrected chi connectivity index (χ0v) is 8.91. The monoisotopic (exact) mass is 226 g/mol. The maximum Gasteiger partial charge on any atom is 0.283 e. The zero-order valence-electron chi connectivity index (χ0n) is 8.10. The van der Waals surface area contributed by atoms with Crippen molar-refractivity contribution in [1.82, 2.24) is 0 Å². The summed E-state index contributed by atoms with van der Waals surface area (Å²) in [6.07, 6.45) is 1.78. The van der Waals surface area contributed by atoms with E-state index in [2.05, 4.69) is 0 Å². The van der Waals surface area contributed by atoms with Crippen molar-refractivity contribution in [1.29, 1.82) is 0 Å². The molecule has 0 spiro atoms. The molecule has 0 radical (unpaired) electrons. The van der Waals surface area contributed by atoms with Crippen LogP contribution in [0.2, 0.25) is 0 Å². The van der Waals surface area contributed by atoms with E-state index in [4.69, 9.17) is 5.73 Å². The van der Waals surface area contributed by atoms with Crippen molar-refractivity contribution >= 4 is 23.4 Å². The number of rotatable bonds is 4. The second-order valence-electron chi connectivity index (χ2n) is 2.91. The molecule has 5 nitrogen and oxygen atoms in total. The summed E-state index contributed by atoms with van der Waals surface area (Å²) in [5.74, 6) is -0.499. The van der Waals surface area contributed by atoms with Gasteiger partial charge in [0.25, 0.3) is 5.69 Å². The fourth-order valence-electron chi connectivity index (χ4n) is 1.19. The average Bonchev–Trinajstić information content (AvgIpc) is 2.16. The molecule has 0 saturated heterocycles. The number of amides is 1. The van der Waals surface area contributed by atoms with Gasteiger partial charge in [0.15, 0.2) is 0 Å². The Bertz CT molecular complexity index is 406. The SMILES string of the molecule is CSc1ccc(CC(N)=O)cc1[N+](=O)[O-]. The Hall–Kier alpha value is -1.56. The highest BCUT2D eigenvalue weighted by Crippen LogP contribution is 2.28. The number of carbonyl (C=O) groups is 1. The van der Waals surface area contributed by atoms with Gasteiger partial charge in [-0.2, -0.15) is 0 Å². The number of carbonyl (C=O) groups excluding carboxylic acids is 1. The molecular weight excluding hydrogens is 216 g/mol. The minimum absolute atomic E-state index is 0.0150. The molecule has 80 valence electrons. The van der Waals surface area contributed by atoms with E-state index in [1.807, 2.05) is 0 Å². The lowest BCUT2D eigenvalue weighted by Crippen LogP contribution is -2.13. The third-order valence-electron chi connectivity index (χ3n) is 1.82. The topological polar surface area (TPSA) is 86.2 Å². The minimum Gasteiger partial charge on any atom is -0.369 e. The van der Waals surface area contributed by atoms with Crippen molar-refractivity contribution < 1.29 is 9.72 Å². The van der Waals surface area contributed by atoms with Gasteiger partial charge < -0.3 is 5.73 Å². The molecule has 0 fully saturated rings. The number of primary amides is 1. The number of hydrogen-bond acceptors (Lipinski definition) is 4. The largest absolute Gasteiger partial charge is 0.369 e. The second-order valence-corrected chi connectivity index (χ2v) is 3.75. The summed E-state index contributed by atoms with van der Waals surface area (Å²) in [7, 11) is 0. The third-order valence-corrected chi connectivity index (χ3v) is 2.60. The van der Waals surface area contributed by atoms with E-state index in [1.165, 1.54) is 17.8 Å². The van der Waals surface area contributed by atoms with E-state index in [1.54, 1.807) is 18.4 Å². The predicted molar refractivity (Wildman–Crippen MR) is 57.8 cm³/mol. The van der Waals surface area contributed by atoms with E-state index in [0.717, 1.165) is 0 Å². The number of nitrogens with zero attached hydrogens (tertiary/aromatic N) is 1. The summed E-state index contributed by atoms with van der Waals surface area (Å²) >= 11 is 1.29. The predicted octanol–water partition coefficient (Wildman–Crippen LogP) is 1.34. The van der Waals surface area contributed by atoms with Crippen molar-refractivity contribution in [2.24, 2.45) is 5.73 Å². The molecular formula is C9H10N2O3S. The van der Waals surface area contributed by atoms with Crippen LogP contribution in [0.3, 0.4) is 0 Å². The summed E-state index contributed by atoms with van der Waals surface area (Å²) in [5.41, 5.74) is 5.58. The van der Waals surface area contributed by atoms with E-state index in [0.29, 0.717) is 10.5 Å². The Kier molecular flexibility index (Phi) is 3.68. The second kappa shape index (κ2) is 4.79. The highest BCUT2D eigenvalue weighted by molar-refractivity contribution is 7.98. The van der Waals surface area contributed by atoms with Crippen molar-refractivity contribution in [3.8, 4) is 0 Å². The Morgan fingerprint density at radius 3 is 2.73 bits per heavy atom. The number of nitrogens with two attached hydrogens (primary N) is 1. The third kappa shape index (κ3) is 2.95. The van der Waals surface area contributed by atoms with Gasteiger partial charge in [-0.05, 0) is 17.9 Å². The fourth-order valence-corrected chi connectivity index (χ4v) is 1.74. The van der Waals surface area contributed by atoms with Crippen LogP contribution < -0.4 is 5.73 Å². The average molecular weight is 226 g/mol. The smallest absolute Gasteiger partial charge is 0.283 e. The van der Waals surface area contributed by atoms with Crippen molar-refractivity contribution in [2.75, 3.05) is 6.26 Å². The van der Waals surface area contributed by atoms with E-state index >= 15 is 0 Å². The summed E-state index contributed by atoms with van der Waals surface area (Å²) in [6.45, 7) is 0. The van der Waals surface area contributed by atoms with Gasteiger partial charge in [-0.15, -0.1) is 11.8 Å². The van der Waals surface area contributed by atoms with Crippen molar-refractivity contribution in [2.45, 2.75) is 11.3 Å². The molecule has 0 heterocycles. The molecule has 0 aromatic heterocycles. The minimum atomic E-state index is -0.499. The van der Waals surface area contributed by atoms with Crippen LogP contribution in [-0.2, 0) is 11.2 Å². The normalized spacial score (nSPS) is 9.93. The van der Waals surface area contributed by atoms with Crippen LogP contribution in [0.25, 0.3) is 0 Å². The molecule has 1 amide bonds. The molecule has 0 bridgehead atoms. The van der Waals surface area contributed by atoms with Gasteiger partial charge in [-0.1, -0.05) is 6.07 Å². The summed E-state index contributed by atoms with van der Waals surface area (Å²) in [6, 6.07) is 4.68. The highest BCUT2D eigenvalue weighted by Gasteiger charge is 2.14. The lowest BCUT2D eigenvalue weighted by Gasteiger charge is -2.02. The quantitative estimate of drug-likeness (QED) is 0.477. The molecule has 6 heteroatoms. The standard InChI is InChI=1S/C9H10N2O3S/c1-15-8-3-2-6(5-9(10)12)4-7(8)11(13)14/h2-4H,5H2,1H3,(H2,10,12). The van der Waals surface area contributed by atoms with Crippen LogP contribution in [0.15, 0.2) is 23.1 Å². The summed E-state index contributed by atoms with van der Waals surface area (Å²) in [4.78, 5) is 21.5. The van der Waals surface area contributed by atoms with Crippen LogP contribution in [0.5, 0.6) is 0 Å². The van der Waals surface area contributed by atoms with Crippen LogP contribution >= 0.6 is 11.8 Å². The molecule has 1 aromatic rings. The molecule has 0 aliphatic heterocycles. The Balaban J connectivity index is 3.10. The number of nitro groups is 1. The first kappa shape index (κ1) is 11.5. The highest BCUT2D eigenvalue weighted by atomic mass is 32.2. The van der Waals surface area contributed by atoms with Gasteiger partial charge in [-0.25, -0.2) is 0 Å². The fraction of sp³-hybridized carbons (Fsp3) is 0.222. The molecule has 0 aliphatic carbocycles. The maximum atomic E-state index is 10.7. The molecule has 1 aromatic carbocycles. The number of hydrogen-bond donors (Lipinski definition) is 1. The van der Waals surface area contributed by atoms with Crippen LogP contribution in [0.1, 0.15) is 5.56 Å². The maximum absolute atomic E-state index is 10.7. The first-order chi connectivity index (χ1) is 7.04. The van der Waals surface area contributed by atoms with Gasteiger partial charge in [0.2, 0.25) is 5.91 Å². The molecule has 2 N–H and O–H groups in total. The molecule has 0 aliphatic rings. The molecule has 0 saturated carbocycles. The number of nitro benzene ring substituents is 1. The summed E-state index contributed by atoms with van der Waals surface area (Å²) in [5, 5.41) is 10.7. The first-order valence-corrected chi connectivity index (χ1v) is 5.36. The Morgan fingerprint density at radius 1 is 1.60 bits per heavy atom. The van der Waals surface area contributed by atoms with Gasteiger partial charge in [0.1, 0.15) is 0 Å². The van der Waals surface area contributed by atoms with Gasteiger partial charge >= 0.3 is 0 Å². The van der Waals surface area contributed by atoms with Crippen LogP contribution in [-0.4, -0.2) is 17.1 Å². The van der Waals surface area contributed by atoms with Gasteiger partial charge in [-0.3, -0.25) is 14.9 Å². The summed E-state index contributed by atoms with van der Waals surface area (Å²) < 4.78 is 0. The number of benzene rings is 1. The van der Waals surface area contributed by atoms with Gasteiger partial charge in [0.05, 0.1) is 16.2 Å². The van der Waals surface area contributed by atoms with E-state index in [-0.39, 0.29) is 12.1 Å². The molecule has 1 rings (SSSR count). The lowest BCUT2D eigenvalue weighted by molar-refractivity contribution is -0.387. The van der Waals surface area contributed by atoms with E-state index in [9.17, 15) is 14.9 Å². The first-order valence-electron chi connectivity index (χ1n) is 4.14. The van der Waals surface area contributed by atoms with Crippen LogP contribution in [0.4, 0.5) is 5.69 Å². The van der Waals surface area contributed by atoms with Crippen molar-refractivity contribution in [3.63, 3.8) is 0 Å². The molecule has 0 atom stereocenters. The van der Waals surface area contributed by atoms with Crippen LogP contribution in [0, 0.1) is 10.1 Å². The zero-order chi connectivity index (χ0) is 11.4. The lowest BCUT2D eigenvalue weighted by atomic mass is 10.1. The van der Waals surface area contributed by atoms with Crippen molar-refractivity contribution in [3.05, 3.63) is 33.9 Å². The van der Waals surface area contributed by atoms with E-state index < -0.39 is 10.8 Å². The Labute approximate surface area is 90.8 Å². The molecule has 0 unspecified atom stereocenters. The molecule has 15 heavy (non-hydrogen) atoms. The van der Waals surface area contributed by atoms with Gasteiger partial charge in [0, 0.05) is 6.07 Å². The Morgan fingerprint density at radius 2 is 2.27 bits per heavy atom.